The first-order valence-electron chi connectivity index (χ1n) is 7.38. The van der Waals surface area contributed by atoms with Crippen LogP contribution in [0.2, 0.25) is 0 Å². The van der Waals surface area contributed by atoms with Crippen molar-refractivity contribution in [2.24, 2.45) is 11.1 Å². The molecule has 1 amide bonds. The van der Waals surface area contributed by atoms with E-state index in [1.54, 1.807) is 0 Å². The minimum atomic E-state index is 0.0406. The van der Waals surface area contributed by atoms with E-state index in [0.717, 1.165) is 12.8 Å². The van der Waals surface area contributed by atoms with E-state index in [1.807, 2.05) is 0 Å². The highest BCUT2D eigenvalue weighted by atomic mass is 16.1. The highest BCUT2D eigenvalue weighted by Gasteiger charge is 2.25. The number of hydrogen-bond acceptors (Lipinski definition) is 2. The molecule has 0 aliphatic heterocycles. The van der Waals surface area contributed by atoms with E-state index in [-0.39, 0.29) is 17.4 Å². The van der Waals surface area contributed by atoms with Crippen molar-refractivity contribution in [3.05, 3.63) is 35.4 Å². The molecule has 3 N–H and O–H groups in total. The second-order valence-corrected chi connectivity index (χ2v) is 6.55. The van der Waals surface area contributed by atoms with Gasteiger partial charge in [0.05, 0.1) is 0 Å². The minimum Gasteiger partial charge on any atom is -0.353 e. The molecule has 0 fully saturated rings. The summed E-state index contributed by atoms with van der Waals surface area (Å²) in [5, 5.41) is 3.12. The molecule has 3 heteroatoms. The Kier molecular flexibility index (Phi) is 6.21. The Morgan fingerprint density at radius 3 is 2.35 bits per heavy atom. The van der Waals surface area contributed by atoms with Crippen LogP contribution in [0.15, 0.2) is 24.3 Å². The summed E-state index contributed by atoms with van der Waals surface area (Å²) in [5.41, 5.74) is 8.12. The fourth-order valence-corrected chi connectivity index (χ4v) is 2.17. The first kappa shape index (κ1) is 16.7. The highest BCUT2D eigenvalue weighted by Crippen LogP contribution is 2.21. The van der Waals surface area contributed by atoms with Crippen LogP contribution in [0, 0.1) is 12.3 Å². The molecule has 0 aliphatic rings. The zero-order valence-corrected chi connectivity index (χ0v) is 13.2. The number of aryl methyl sites for hydroxylation is 2. The zero-order valence-electron chi connectivity index (χ0n) is 13.2. The monoisotopic (exact) mass is 276 g/mol. The molecule has 1 atom stereocenters. The first-order chi connectivity index (χ1) is 9.32. The Labute approximate surface area is 122 Å². The van der Waals surface area contributed by atoms with Crippen LogP contribution in [0.1, 0.15) is 44.7 Å². The molecule has 0 heterocycles. The van der Waals surface area contributed by atoms with Gasteiger partial charge in [-0.25, -0.2) is 0 Å². The lowest BCUT2D eigenvalue weighted by Crippen LogP contribution is -2.44. The lowest BCUT2D eigenvalue weighted by Gasteiger charge is -2.31. The number of hydrogen-bond donors (Lipinski definition) is 2. The van der Waals surface area contributed by atoms with E-state index in [4.69, 9.17) is 5.73 Å². The van der Waals surface area contributed by atoms with Gasteiger partial charge in [0.25, 0.3) is 0 Å². The van der Waals surface area contributed by atoms with Crippen molar-refractivity contribution in [1.29, 1.82) is 0 Å². The molecule has 20 heavy (non-hydrogen) atoms. The van der Waals surface area contributed by atoms with Crippen LogP contribution in [0.5, 0.6) is 0 Å². The Hall–Kier alpha value is -1.35. The second kappa shape index (κ2) is 7.44. The molecular formula is C17H28N2O. The first-order valence-corrected chi connectivity index (χ1v) is 7.38. The molecule has 0 saturated carbocycles. The van der Waals surface area contributed by atoms with E-state index in [9.17, 15) is 4.79 Å². The predicted molar refractivity (Wildman–Crippen MR) is 84.6 cm³/mol. The maximum absolute atomic E-state index is 12.1. The molecule has 1 aromatic rings. The van der Waals surface area contributed by atoms with Crippen molar-refractivity contribution in [2.45, 2.75) is 53.0 Å². The average Bonchev–Trinajstić information content (AvgIpc) is 2.36. The summed E-state index contributed by atoms with van der Waals surface area (Å²) in [6.45, 7) is 9.06. The van der Waals surface area contributed by atoms with Crippen LogP contribution in [-0.4, -0.2) is 18.5 Å². The van der Waals surface area contributed by atoms with Crippen molar-refractivity contribution in [2.75, 3.05) is 6.54 Å². The molecule has 0 saturated heterocycles. The number of nitrogens with two attached hydrogens (primary N) is 1. The van der Waals surface area contributed by atoms with Gasteiger partial charge in [-0.2, -0.15) is 0 Å². The van der Waals surface area contributed by atoms with Crippen molar-refractivity contribution in [3.63, 3.8) is 0 Å². The molecule has 1 rings (SSSR count). The van der Waals surface area contributed by atoms with Crippen LogP contribution in [-0.2, 0) is 11.2 Å². The average molecular weight is 276 g/mol. The Morgan fingerprint density at radius 2 is 1.85 bits per heavy atom. The molecule has 0 spiro atoms. The van der Waals surface area contributed by atoms with Gasteiger partial charge in [0.2, 0.25) is 5.91 Å². The topological polar surface area (TPSA) is 55.1 Å². The lowest BCUT2D eigenvalue weighted by molar-refractivity contribution is -0.122. The molecule has 0 bridgehead atoms. The number of carbonyl (C=O) groups excluding carboxylic acids is 1. The standard InChI is InChI=1S/C17H28N2O/c1-13-5-7-14(8-6-13)9-10-16(20)19-15(11-12-18)17(2,3)4/h5-8,15H,9-12,18H2,1-4H3,(H,19,20). The van der Waals surface area contributed by atoms with Gasteiger partial charge >= 0.3 is 0 Å². The summed E-state index contributed by atoms with van der Waals surface area (Å²) in [6.07, 6.45) is 2.13. The Balaban J connectivity index is 2.47. The third-order valence-corrected chi connectivity index (χ3v) is 3.60. The number of amides is 1. The van der Waals surface area contributed by atoms with Crippen LogP contribution in [0.3, 0.4) is 0 Å². The lowest BCUT2D eigenvalue weighted by atomic mass is 9.84. The van der Waals surface area contributed by atoms with Crippen LogP contribution in [0.4, 0.5) is 0 Å². The van der Waals surface area contributed by atoms with Gasteiger partial charge in [-0.05, 0) is 37.3 Å². The van der Waals surface area contributed by atoms with Crippen LogP contribution in [0.25, 0.3) is 0 Å². The minimum absolute atomic E-state index is 0.0406. The fourth-order valence-electron chi connectivity index (χ4n) is 2.17. The molecule has 0 aromatic heterocycles. The van der Waals surface area contributed by atoms with Gasteiger partial charge in [0.1, 0.15) is 0 Å². The van der Waals surface area contributed by atoms with Gasteiger partial charge < -0.3 is 11.1 Å². The summed E-state index contributed by atoms with van der Waals surface area (Å²) in [7, 11) is 0. The normalized spacial score (nSPS) is 13.1. The summed E-state index contributed by atoms with van der Waals surface area (Å²) < 4.78 is 0. The van der Waals surface area contributed by atoms with Gasteiger partial charge in [-0.15, -0.1) is 0 Å². The van der Waals surface area contributed by atoms with Crippen molar-refractivity contribution in [3.8, 4) is 0 Å². The third-order valence-electron chi connectivity index (χ3n) is 3.60. The van der Waals surface area contributed by atoms with Crippen LogP contribution >= 0.6 is 0 Å². The van der Waals surface area contributed by atoms with Crippen molar-refractivity contribution in [1.82, 2.24) is 5.32 Å². The number of rotatable bonds is 6. The third kappa shape index (κ3) is 5.74. The van der Waals surface area contributed by atoms with Gasteiger partial charge in [0, 0.05) is 12.5 Å². The van der Waals surface area contributed by atoms with E-state index in [0.29, 0.717) is 13.0 Å². The molecule has 112 valence electrons. The summed E-state index contributed by atoms with van der Waals surface area (Å²) in [6, 6.07) is 8.48. The Bertz CT molecular complexity index is 418. The SMILES string of the molecule is Cc1ccc(CCC(=O)NC(CCN)C(C)(C)C)cc1. The Morgan fingerprint density at radius 1 is 1.25 bits per heavy atom. The zero-order chi connectivity index (χ0) is 15.2. The molecular weight excluding hydrogens is 248 g/mol. The van der Waals surface area contributed by atoms with Crippen molar-refractivity contribution >= 4 is 5.91 Å². The van der Waals surface area contributed by atoms with Crippen LogP contribution < -0.4 is 11.1 Å². The van der Waals surface area contributed by atoms with E-state index in [1.165, 1.54) is 11.1 Å². The van der Waals surface area contributed by atoms with Gasteiger partial charge in [-0.1, -0.05) is 50.6 Å². The summed E-state index contributed by atoms with van der Waals surface area (Å²) in [4.78, 5) is 12.1. The molecule has 1 aromatic carbocycles. The van der Waals surface area contributed by atoms with E-state index in [2.05, 4.69) is 57.3 Å². The largest absolute Gasteiger partial charge is 0.353 e. The van der Waals surface area contributed by atoms with E-state index >= 15 is 0 Å². The smallest absolute Gasteiger partial charge is 0.220 e. The number of benzene rings is 1. The summed E-state index contributed by atoms with van der Waals surface area (Å²) >= 11 is 0. The van der Waals surface area contributed by atoms with Crippen molar-refractivity contribution < 1.29 is 4.79 Å². The summed E-state index contributed by atoms with van der Waals surface area (Å²) in [5.74, 6) is 0.110. The number of carbonyl (C=O) groups is 1. The molecule has 1 unspecified atom stereocenters. The fraction of sp³-hybridized carbons (Fsp3) is 0.588. The highest BCUT2D eigenvalue weighted by molar-refractivity contribution is 5.76. The maximum Gasteiger partial charge on any atom is 0.220 e. The quantitative estimate of drug-likeness (QED) is 0.839. The molecule has 3 nitrogen and oxygen atoms in total. The predicted octanol–water partition coefficient (Wildman–Crippen LogP) is 2.81. The van der Waals surface area contributed by atoms with Gasteiger partial charge in [0.15, 0.2) is 0 Å². The number of nitrogens with one attached hydrogen (secondary N) is 1. The van der Waals surface area contributed by atoms with Gasteiger partial charge in [-0.3, -0.25) is 4.79 Å². The molecule has 0 aliphatic carbocycles. The molecule has 0 radical (unpaired) electrons. The second-order valence-electron chi connectivity index (χ2n) is 6.55. The maximum atomic E-state index is 12.1. The van der Waals surface area contributed by atoms with E-state index < -0.39 is 0 Å².